The van der Waals surface area contributed by atoms with Crippen molar-refractivity contribution in [2.45, 2.75) is 33.7 Å². The molecule has 3 rings (SSSR count). The molecule has 0 aliphatic rings. The second-order valence-corrected chi connectivity index (χ2v) is 6.05. The molecule has 5 nitrogen and oxygen atoms in total. The Bertz CT molecular complexity index is 872. The van der Waals surface area contributed by atoms with Crippen molar-refractivity contribution in [2.24, 2.45) is 0 Å². The van der Waals surface area contributed by atoms with Gasteiger partial charge in [0.1, 0.15) is 0 Å². The molecule has 5 heteroatoms. The molecular weight excluding hydrogens is 288 g/mol. The van der Waals surface area contributed by atoms with Gasteiger partial charge in [-0.15, -0.1) is 0 Å². The fraction of sp³-hybridized carbons (Fsp3) is 0.333. The number of aryl methyl sites for hydroxylation is 3. The minimum Gasteiger partial charge on any atom is -0.357 e. The Labute approximate surface area is 135 Å². The second kappa shape index (κ2) is 6.38. The zero-order chi connectivity index (χ0) is 16.4. The second-order valence-electron chi connectivity index (χ2n) is 6.05. The van der Waals surface area contributed by atoms with Gasteiger partial charge in [-0.25, -0.2) is 0 Å². The quantitative estimate of drug-likeness (QED) is 0.634. The molecule has 0 saturated carbocycles. The first-order chi connectivity index (χ1) is 11.0. The number of aromatic amines is 2. The van der Waals surface area contributed by atoms with E-state index in [9.17, 15) is 4.79 Å². The minimum absolute atomic E-state index is 0.0702. The average Bonchev–Trinajstić information content (AvgIpc) is 2.84. The van der Waals surface area contributed by atoms with E-state index < -0.39 is 0 Å². The molecule has 0 aliphatic carbocycles. The number of nitrogens with one attached hydrogen (secondary N) is 3. The van der Waals surface area contributed by atoms with Gasteiger partial charge in [0.25, 0.3) is 0 Å². The highest BCUT2D eigenvalue weighted by atomic mass is 16.1. The van der Waals surface area contributed by atoms with Crippen LogP contribution in [0.25, 0.3) is 10.9 Å². The van der Waals surface area contributed by atoms with Gasteiger partial charge in [0.2, 0.25) is 0 Å². The Morgan fingerprint density at radius 3 is 2.74 bits per heavy atom. The summed E-state index contributed by atoms with van der Waals surface area (Å²) in [7, 11) is 0. The molecule has 0 fully saturated rings. The Kier molecular flexibility index (Phi) is 4.30. The number of aromatic nitrogens is 3. The lowest BCUT2D eigenvalue weighted by Gasteiger charge is -2.07. The van der Waals surface area contributed by atoms with E-state index in [0.29, 0.717) is 6.54 Å². The summed E-state index contributed by atoms with van der Waals surface area (Å²) in [4.78, 5) is 15.5. The number of H-pyrrole nitrogens is 2. The summed E-state index contributed by atoms with van der Waals surface area (Å²) >= 11 is 0. The first-order valence-corrected chi connectivity index (χ1v) is 7.88. The summed E-state index contributed by atoms with van der Waals surface area (Å²) in [6.07, 6.45) is 0.922. The third-order valence-corrected chi connectivity index (χ3v) is 4.19. The smallest absolute Gasteiger partial charge is 0.189 e. The van der Waals surface area contributed by atoms with Crippen LogP contribution in [0.3, 0.4) is 0 Å². The van der Waals surface area contributed by atoms with Crippen LogP contribution in [0.1, 0.15) is 28.2 Å². The zero-order valence-corrected chi connectivity index (χ0v) is 13.8. The van der Waals surface area contributed by atoms with Crippen LogP contribution in [0, 0.1) is 20.8 Å². The van der Waals surface area contributed by atoms with E-state index in [-0.39, 0.29) is 5.43 Å². The molecule has 0 aliphatic heterocycles. The van der Waals surface area contributed by atoms with Gasteiger partial charge < -0.3 is 10.3 Å². The first kappa shape index (κ1) is 15.5. The third kappa shape index (κ3) is 3.35. The summed E-state index contributed by atoms with van der Waals surface area (Å²) in [5, 5.41) is 11.3. The van der Waals surface area contributed by atoms with Crippen LogP contribution in [-0.4, -0.2) is 21.7 Å². The van der Waals surface area contributed by atoms with E-state index in [4.69, 9.17) is 0 Å². The number of rotatable bonds is 5. The van der Waals surface area contributed by atoms with E-state index in [2.05, 4.69) is 20.5 Å². The van der Waals surface area contributed by atoms with E-state index in [1.165, 1.54) is 5.56 Å². The third-order valence-electron chi connectivity index (χ3n) is 4.19. The number of hydrogen-bond acceptors (Lipinski definition) is 3. The average molecular weight is 310 g/mol. The molecule has 3 N–H and O–H groups in total. The van der Waals surface area contributed by atoms with Crippen LogP contribution in [0.15, 0.2) is 29.1 Å². The van der Waals surface area contributed by atoms with Crippen molar-refractivity contribution < 1.29 is 0 Å². The molecule has 23 heavy (non-hydrogen) atoms. The van der Waals surface area contributed by atoms with Crippen LogP contribution in [0.4, 0.5) is 0 Å². The predicted octanol–water partition coefficient (Wildman–Crippen LogP) is 2.51. The Balaban J connectivity index is 1.66. The molecule has 1 aromatic carbocycles. The van der Waals surface area contributed by atoms with Gasteiger partial charge in [-0.3, -0.25) is 9.89 Å². The first-order valence-electron chi connectivity index (χ1n) is 7.88. The zero-order valence-electron chi connectivity index (χ0n) is 13.8. The van der Waals surface area contributed by atoms with E-state index >= 15 is 0 Å². The van der Waals surface area contributed by atoms with Crippen molar-refractivity contribution in [3.8, 4) is 0 Å². The molecule has 3 aromatic rings. The van der Waals surface area contributed by atoms with Gasteiger partial charge in [-0.2, -0.15) is 5.10 Å². The van der Waals surface area contributed by atoms with Crippen LogP contribution in [0.5, 0.6) is 0 Å². The predicted molar refractivity (Wildman–Crippen MR) is 92.8 cm³/mol. The number of hydrogen-bond donors (Lipinski definition) is 3. The molecule has 0 atom stereocenters. The van der Waals surface area contributed by atoms with Gasteiger partial charge in [-0.05, 0) is 51.4 Å². The number of nitrogens with zero attached hydrogens (tertiary/aromatic N) is 1. The van der Waals surface area contributed by atoms with Crippen molar-refractivity contribution in [1.82, 2.24) is 20.5 Å². The van der Waals surface area contributed by atoms with Crippen LogP contribution in [-0.2, 0) is 13.0 Å². The van der Waals surface area contributed by atoms with E-state index in [0.717, 1.165) is 46.5 Å². The normalized spacial score (nSPS) is 11.3. The summed E-state index contributed by atoms with van der Waals surface area (Å²) in [6, 6.07) is 7.59. The Morgan fingerprint density at radius 2 is 2.00 bits per heavy atom. The molecule has 0 bridgehead atoms. The summed E-state index contributed by atoms with van der Waals surface area (Å²) in [5.41, 5.74) is 6.41. The van der Waals surface area contributed by atoms with Gasteiger partial charge in [0, 0.05) is 34.9 Å². The van der Waals surface area contributed by atoms with Crippen molar-refractivity contribution in [3.05, 3.63) is 62.7 Å². The van der Waals surface area contributed by atoms with Gasteiger partial charge in [0.15, 0.2) is 5.43 Å². The van der Waals surface area contributed by atoms with Crippen molar-refractivity contribution in [1.29, 1.82) is 0 Å². The molecule has 2 aromatic heterocycles. The lowest BCUT2D eigenvalue weighted by molar-refractivity contribution is 0.674. The standard InChI is InChI=1S/C18H22N4O/c1-11-4-5-17-16(8-11)18(23)9-14(20-17)10-19-7-6-15-12(2)21-22-13(15)3/h4-5,8-9,19H,6-7,10H2,1-3H3,(H,20,23)(H,21,22). The monoisotopic (exact) mass is 310 g/mol. The molecule has 0 saturated heterocycles. The number of fused-ring (bicyclic) bond motifs is 1. The highest BCUT2D eigenvalue weighted by molar-refractivity contribution is 5.79. The Morgan fingerprint density at radius 1 is 1.17 bits per heavy atom. The van der Waals surface area contributed by atoms with Gasteiger partial charge >= 0.3 is 0 Å². The molecule has 120 valence electrons. The molecule has 0 unspecified atom stereocenters. The number of benzene rings is 1. The highest BCUT2D eigenvalue weighted by Crippen LogP contribution is 2.11. The maximum atomic E-state index is 12.2. The SMILES string of the molecule is Cc1ccc2[nH]c(CNCCc3c(C)n[nH]c3C)cc(=O)c2c1. The number of pyridine rings is 1. The van der Waals surface area contributed by atoms with Crippen molar-refractivity contribution in [2.75, 3.05) is 6.54 Å². The Hall–Kier alpha value is -2.40. The van der Waals surface area contributed by atoms with E-state index in [1.807, 2.05) is 39.0 Å². The maximum Gasteiger partial charge on any atom is 0.189 e. The van der Waals surface area contributed by atoms with Crippen molar-refractivity contribution >= 4 is 10.9 Å². The molecule has 0 spiro atoms. The van der Waals surface area contributed by atoms with Crippen LogP contribution < -0.4 is 10.7 Å². The topological polar surface area (TPSA) is 73.6 Å². The molecular formula is C18H22N4O. The largest absolute Gasteiger partial charge is 0.357 e. The minimum atomic E-state index is 0.0702. The summed E-state index contributed by atoms with van der Waals surface area (Å²) in [5.74, 6) is 0. The van der Waals surface area contributed by atoms with E-state index in [1.54, 1.807) is 6.07 Å². The lowest BCUT2D eigenvalue weighted by atomic mass is 10.1. The fourth-order valence-electron chi connectivity index (χ4n) is 2.89. The molecule has 2 heterocycles. The van der Waals surface area contributed by atoms with Crippen LogP contribution >= 0.6 is 0 Å². The fourth-order valence-corrected chi connectivity index (χ4v) is 2.89. The highest BCUT2D eigenvalue weighted by Gasteiger charge is 2.06. The lowest BCUT2D eigenvalue weighted by Crippen LogP contribution is -2.19. The van der Waals surface area contributed by atoms with Crippen molar-refractivity contribution in [3.63, 3.8) is 0 Å². The molecule has 0 amide bonds. The molecule has 0 radical (unpaired) electrons. The summed E-state index contributed by atoms with van der Waals surface area (Å²) < 4.78 is 0. The maximum absolute atomic E-state index is 12.2. The van der Waals surface area contributed by atoms with Gasteiger partial charge in [-0.1, -0.05) is 11.6 Å². The summed E-state index contributed by atoms with van der Waals surface area (Å²) in [6.45, 7) is 7.54. The van der Waals surface area contributed by atoms with Crippen LogP contribution in [0.2, 0.25) is 0 Å². The van der Waals surface area contributed by atoms with Gasteiger partial charge in [0.05, 0.1) is 5.69 Å².